The second-order valence-electron chi connectivity index (χ2n) is 3.82. The Balaban J connectivity index is 1.86. The molecule has 0 fully saturated rings. The molecule has 100 valence electrons. The second kappa shape index (κ2) is 6.24. The number of carbonyl (C=O) groups is 1. The summed E-state index contributed by atoms with van der Waals surface area (Å²) in [5.74, 6) is 1.03. The van der Waals surface area contributed by atoms with Gasteiger partial charge in [0.05, 0.1) is 6.20 Å². The van der Waals surface area contributed by atoms with Gasteiger partial charge in [0.2, 0.25) is 0 Å². The lowest BCUT2D eigenvalue weighted by Gasteiger charge is -2.08. The predicted octanol–water partition coefficient (Wildman–Crippen LogP) is 2.57. The number of benzene rings is 1. The van der Waals surface area contributed by atoms with E-state index >= 15 is 0 Å². The van der Waals surface area contributed by atoms with Crippen molar-refractivity contribution in [3.63, 3.8) is 0 Å². The normalized spacial score (nSPS) is 10.2. The molecule has 6 heteroatoms. The number of aromatic nitrogens is 2. The van der Waals surface area contributed by atoms with Crippen LogP contribution in [0.4, 0.5) is 5.82 Å². The maximum absolute atomic E-state index is 11.7. The first kappa shape index (κ1) is 13.4. The first-order chi connectivity index (χ1) is 9.19. The highest BCUT2D eigenvalue weighted by Gasteiger charge is 2.07. The van der Waals surface area contributed by atoms with Gasteiger partial charge in [0.25, 0.3) is 5.91 Å². The van der Waals surface area contributed by atoms with Crippen molar-refractivity contribution in [1.29, 1.82) is 0 Å². The van der Waals surface area contributed by atoms with Crippen molar-refractivity contribution in [2.75, 3.05) is 11.9 Å². The fraction of sp³-hybridized carbons (Fsp3) is 0.231. The summed E-state index contributed by atoms with van der Waals surface area (Å²) >= 11 is 5.76. The first-order valence-corrected chi connectivity index (χ1v) is 6.27. The van der Waals surface area contributed by atoms with Gasteiger partial charge in [0.15, 0.2) is 6.61 Å². The predicted molar refractivity (Wildman–Crippen MR) is 73.5 cm³/mol. The number of nitrogens with zero attached hydrogens (tertiary/aromatic N) is 2. The molecule has 1 heterocycles. The van der Waals surface area contributed by atoms with E-state index in [2.05, 4.69) is 10.4 Å². The van der Waals surface area contributed by atoms with Crippen LogP contribution in [0.5, 0.6) is 5.75 Å². The second-order valence-corrected chi connectivity index (χ2v) is 4.26. The third kappa shape index (κ3) is 3.72. The summed E-state index contributed by atoms with van der Waals surface area (Å²) in [5, 5.41) is 7.42. The highest BCUT2D eigenvalue weighted by molar-refractivity contribution is 6.30. The van der Waals surface area contributed by atoms with E-state index in [1.807, 2.05) is 6.92 Å². The highest BCUT2D eigenvalue weighted by Crippen LogP contribution is 2.15. The minimum atomic E-state index is -0.231. The molecule has 0 saturated carbocycles. The molecule has 0 radical (unpaired) electrons. The average molecular weight is 280 g/mol. The third-order valence-corrected chi connectivity index (χ3v) is 2.72. The van der Waals surface area contributed by atoms with E-state index in [4.69, 9.17) is 16.3 Å². The molecule has 5 nitrogen and oxygen atoms in total. The monoisotopic (exact) mass is 279 g/mol. The quantitative estimate of drug-likeness (QED) is 0.915. The Kier molecular flexibility index (Phi) is 4.41. The number of hydrogen-bond donors (Lipinski definition) is 1. The Morgan fingerprint density at radius 3 is 2.79 bits per heavy atom. The minimum absolute atomic E-state index is 0.0590. The largest absolute Gasteiger partial charge is 0.484 e. The number of nitrogens with one attached hydrogen (secondary N) is 1. The van der Waals surface area contributed by atoms with Gasteiger partial charge in [-0.3, -0.25) is 4.79 Å². The molecule has 0 bridgehead atoms. The SMILES string of the molecule is CCn1nccc1NC(=O)COc1ccc(Cl)cc1. The Hall–Kier alpha value is -2.01. The lowest BCUT2D eigenvalue weighted by atomic mass is 10.3. The summed E-state index contributed by atoms with van der Waals surface area (Å²) in [6.07, 6.45) is 1.64. The van der Waals surface area contributed by atoms with Crippen molar-refractivity contribution in [2.24, 2.45) is 0 Å². The Bertz CT molecular complexity index is 551. The topological polar surface area (TPSA) is 56.2 Å². The molecule has 19 heavy (non-hydrogen) atoms. The minimum Gasteiger partial charge on any atom is -0.484 e. The lowest BCUT2D eigenvalue weighted by Crippen LogP contribution is -2.22. The Morgan fingerprint density at radius 2 is 2.11 bits per heavy atom. The van der Waals surface area contributed by atoms with E-state index in [9.17, 15) is 4.79 Å². The van der Waals surface area contributed by atoms with Crippen LogP contribution in [-0.4, -0.2) is 22.3 Å². The summed E-state index contributed by atoms with van der Waals surface area (Å²) in [4.78, 5) is 11.7. The Labute approximate surface area is 116 Å². The summed E-state index contributed by atoms with van der Waals surface area (Å²) in [6, 6.07) is 8.59. The zero-order valence-electron chi connectivity index (χ0n) is 10.5. The Morgan fingerprint density at radius 1 is 1.37 bits per heavy atom. The third-order valence-electron chi connectivity index (χ3n) is 2.47. The van der Waals surface area contributed by atoms with Gasteiger partial charge in [0, 0.05) is 17.6 Å². The van der Waals surface area contributed by atoms with Crippen molar-refractivity contribution in [2.45, 2.75) is 13.5 Å². The summed E-state index contributed by atoms with van der Waals surface area (Å²) in [5.41, 5.74) is 0. The number of carbonyl (C=O) groups excluding carboxylic acids is 1. The molecule has 0 unspecified atom stereocenters. The number of rotatable bonds is 5. The van der Waals surface area contributed by atoms with E-state index < -0.39 is 0 Å². The number of halogens is 1. The molecule has 0 atom stereocenters. The van der Waals surface area contributed by atoms with E-state index in [1.165, 1.54) is 0 Å². The fourth-order valence-corrected chi connectivity index (χ4v) is 1.68. The maximum Gasteiger partial charge on any atom is 0.263 e. The molecule has 2 rings (SSSR count). The van der Waals surface area contributed by atoms with E-state index in [1.54, 1.807) is 41.2 Å². The van der Waals surface area contributed by atoms with Crippen LogP contribution in [-0.2, 0) is 11.3 Å². The van der Waals surface area contributed by atoms with E-state index in [0.717, 1.165) is 0 Å². The molecule has 0 aliphatic heterocycles. The van der Waals surface area contributed by atoms with Gasteiger partial charge in [-0.2, -0.15) is 5.10 Å². The zero-order chi connectivity index (χ0) is 13.7. The molecule has 1 amide bonds. The molecule has 0 spiro atoms. The molecule has 1 N–H and O–H groups in total. The van der Waals surface area contributed by atoms with Crippen molar-refractivity contribution in [1.82, 2.24) is 9.78 Å². The van der Waals surface area contributed by atoms with Gasteiger partial charge in [-0.05, 0) is 31.2 Å². The van der Waals surface area contributed by atoms with Gasteiger partial charge >= 0.3 is 0 Å². The van der Waals surface area contributed by atoms with E-state index in [0.29, 0.717) is 23.1 Å². The summed E-state index contributed by atoms with van der Waals surface area (Å²) in [7, 11) is 0. The number of aryl methyl sites for hydroxylation is 1. The highest BCUT2D eigenvalue weighted by atomic mass is 35.5. The first-order valence-electron chi connectivity index (χ1n) is 5.89. The van der Waals surface area contributed by atoms with Gasteiger partial charge in [0.1, 0.15) is 11.6 Å². The van der Waals surface area contributed by atoms with Crippen LogP contribution >= 0.6 is 11.6 Å². The molecular formula is C13H14ClN3O2. The summed E-state index contributed by atoms with van der Waals surface area (Å²) < 4.78 is 7.04. The van der Waals surface area contributed by atoms with Crippen LogP contribution in [0.15, 0.2) is 36.5 Å². The van der Waals surface area contributed by atoms with Crippen LogP contribution in [0.1, 0.15) is 6.92 Å². The maximum atomic E-state index is 11.7. The van der Waals surface area contributed by atoms with Crippen LogP contribution in [0, 0.1) is 0 Å². The van der Waals surface area contributed by atoms with Crippen molar-refractivity contribution in [3.8, 4) is 5.75 Å². The molecule has 1 aromatic carbocycles. The van der Waals surface area contributed by atoms with Crippen molar-refractivity contribution >= 4 is 23.3 Å². The number of hydrogen-bond acceptors (Lipinski definition) is 3. The van der Waals surface area contributed by atoms with E-state index in [-0.39, 0.29) is 12.5 Å². The molecular weight excluding hydrogens is 266 g/mol. The number of amides is 1. The standard InChI is InChI=1S/C13H14ClN3O2/c1-2-17-12(7-8-15-17)16-13(18)9-19-11-5-3-10(14)4-6-11/h3-8H,2,9H2,1H3,(H,16,18). The van der Waals surface area contributed by atoms with Crippen LogP contribution < -0.4 is 10.1 Å². The van der Waals surface area contributed by atoms with Crippen LogP contribution in [0.25, 0.3) is 0 Å². The molecule has 1 aromatic heterocycles. The average Bonchev–Trinajstić information content (AvgIpc) is 2.85. The molecule has 0 aliphatic carbocycles. The molecule has 2 aromatic rings. The smallest absolute Gasteiger partial charge is 0.263 e. The zero-order valence-corrected chi connectivity index (χ0v) is 11.2. The van der Waals surface area contributed by atoms with Gasteiger partial charge in [-0.15, -0.1) is 0 Å². The summed E-state index contributed by atoms with van der Waals surface area (Å²) in [6.45, 7) is 2.59. The van der Waals surface area contributed by atoms with Crippen LogP contribution in [0.3, 0.4) is 0 Å². The molecule has 0 saturated heterocycles. The van der Waals surface area contributed by atoms with Gasteiger partial charge in [-0.1, -0.05) is 11.6 Å². The number of ether oxygens (including phenoxy) is 1. The van der Waals surface area contributed by atoms with Gasteiger partial charge < -0.3 is 10.1 Å². The lowest BCUT2D eigenvalue weighted by molar-refractivity contribution is -0.118. The van der Waals surface area contributed by atoms with Crippen LogP contribution in [0.2, 0.25) is 5.02 Å². The molecule has 0 aliphatic rings. The van der Waals surface area contributed by atoms with Gasteiger partial charge in [-0.25, -0.2) is 4.68 Å². The van der Waals surface area contributed by atoms with Crippen molar-refractivity contribution in [3.05, 3.63) is 41.6 Å². The number of anilines is 1. The van der Waals surface area contributed by atoms with Crippen molar-refractivity contribution < 1.29 is 9.53 Å². The fourth-order valence-electron chi connectivity index (χ4n) is 1.55.